The molecule has 1 saturated heterocycles. The van der Waals surface area contributed by atoms with Crippen molar-refractivity contribution in [3.05, 3.63) is 0 Å². The van der Waals surface area contributed by atoms with E-state index in [1.165, 1.54) is 4.90 Å². The van der Waals surface area contributed by atoms with Crippen molar-refractivity contribution in [2.45, 2.75) is 65.5 Å². The fraction of sp³-hybridized carbons (Fsp3) is 0.857. The Morgan fingerprint density at radius 1 is 1.32 bits per heavy atom. The van der Waals surface area contributed by atoms with Crippen LogP contribution >= 0.6 is 0 Å². The van der Waals surface area contributed by atoms with Gasteiger partial charge in [-0.1, -0.05) is 20.8 Å². The quantitative estimate of drug-likeness (QED) is 0.784. The maximum atomic E-state index is 12.5. The molecule has 0 bridgehead atoms. The zero-order valence-electron chi connectivity index (χ0n) is 12.7. The molecule has 1 aliphatic rings. The third kappa shape index (κ3) is 3.19. The molecule has 1 fully saturated rings. The first-order valence-corrected chi connectivity index (χ1v) is 6.67. The van der Waals surface area contributed by atoms with Gasteiger partial charge in [0.2, 0.25) is 0 Å². The molecule has 0 aromatic rings. The number of likely N-dealkylation sites (tertiary alicyclic amines) is 1. The number of hydrogen-bond donors (Lipinski definition) is 1. The Morgan fingerprint density at radius 2 is 1.84 bits per heavy atom. The second-order valence-electron chi connectivity index (χ2n) is 7.10. The molecule has 1 rings (SSSR count). The van der Waals surface area contributed by atoms with Gasteiger partial charge in [-0.3, -0.25) is 4.90 Å². The fourth-order valence-electron chi connectivity index (χ4n) is 2.79. The second-order valence-corrected chi connectivity index (χ2v) is 7.10. The molecule has 1 amide bonds. The van der Waals surface area contributed by atoms with Crippen LogP contribution in [-0.2, 0) is 9.53 Å². The second kappa shape index (κ2) is 4.69. The van der Waals surface area contributed by atoms with Crippen LogP contribution in [0.4, 0.5) is 4.79 Å². The average molecular weight is 271 g/mol. The molecule has 1 heterocycles. The van der Waals surface area contributed by atoms with Crippen LogP contribution in [0.2, 0.25) is 0 Å². The number of rotatable bonds is 2. The molecular formula is C14H25NO4. The fourth-order valence-corrected chi connectivity index (χ4v) is 2.79. The summed E-state index contributed by atoms with van der Waals surface area (Å²) >= 11 is 0. The van der Waals surface area contributed by atoms with E-state index < -0.39 is 23.2 Å². The Bertz CT molecular complexity index is 383. The molecule has 0 saturated carbocycles. The normalized spacial score (nSPS) is 26.3. The van der Waals surface area contributed by atoms with E-state index >= 15 is 0 Å². The molecule has 5 heteroatoms. The van der Waals surface area contributed by atoms with Gasteiger partial charge >= 0.3 is 12.1 Å². The van der Waals surface area contributed by atoms with Gasteiger partial charge < -0.3 is 9.84 Å². The molecule has 110 valence electrons. The summed E-state index contributed by atoms with van der Waals surface area (Å²) in [5.41, 5.74) is -1.88. The van der Waals surface area contributed by atoms with Crippen LogP contribution in [0.1, 0.15) is 54.4 Å². The number of hydrogen-bond acceptors (Lipinski definition) is 3. The van der Waals surface area contributed by atoms with Gasteiger partial charge in [0.15, 0.2) is 0 Å². The predicted molar refractivity (Wildman–Crippen MR) is 72.0 cm³/mol. The Kier molecular flexibility index (Phi) is 3.90. The number of esters is 1. The van der Waals surface area contributed by atoms with E-state index in [0.717, 1.165) is 0 Å². The summed E-state index contributed by atoms with van der Waals surface area (Å²) in [7, 11) is 0. The minimum atomic E-state index is -1.06. The van der Waals surface area contributed by atoms with Gasteiger partial charge in [0.25, 0.3) is 0 Å². The molecule has 5 nitrogen and oxygen atoms in total. The summed E-state index contributed by atoms with van der Waals surface area (Å²) in [6, 6.07) is 0. The van der Waals surface area contributed by atoms with Gasteiger partial charge in [0.05, 0.1) is 0 Å². The molecule has 1 unspecified atom stereocenters. The van der Waals surface area contributed by atoms with Crippen molar-refractivity contribution < 1.29 is 19.4 Å². The number of carbonyl (C=O) groups is 2. The van der Waals surface area contributed by atoms with Crippen molar-refractivity contribution in [1.29, 1.82) is 0 Å². The van der Waals surface area contributed by atoms with Crippen molar-refractivity contribution in [1.82, 2.24) is 4.90 Å². The monoisotopic (exact) mass is 271 g/mol. The number of ether oxygens (including phenoxy) is 1. The first-order chi connectivity index (χ1) is 8.43. The molecular weight excluding hydrogens is 246 g/mol. The lowest BCUT2D eigenvalue weighted by Crippen LogP contribution is -2.54. The summed E-state index contributed by atoms with van der Waals surface area (Å²) in [5, 5.41) is 9.38. The Labute approximate surface area is 114 Å². The zero-order valence-corrected chi connectivity index (χ0v) is 12.7. The largest absolute Gasteiger partial charge is 0.465 e. The first kappa shape index (κ1) is 15.8. The summed E-state index contributed by atoms with van der Waals surface area (Å²) in [5.74, 6) is -0.435. The minimum absolute atomic E-state index is 0.217. The molecule has 1 aliphatic heterocycles. The van der Waals surface area contributed by atoms with Crippen molar-refractivity contribution in [2.75, 3.05) is 6.54 Å². The van der Waals surface area contributed by atoms with Gasteiger partial charge in [-0.05, 0) is 39.0 Å². The minimum Gasteiger partial charge on any atom is -0.465 e. The topological polar surface area (TPSA) is 66.8 Å². The number of nitrogens with zero attached hydrogens (tertiary/aromatic N) is 1. The van der Waals surface area contributed by atoms with Crippen molar-refractivity contribution in [3.8, 4) is 0 Å². The van der Waals surface area contributed by atoms with E-state index in [9.17, 15) is 14.7 Å². The highest BCUT2D eigenvalue weighted by molar-refractivity contribution is 5.86. The summed E-state index contributed by atoms with van der Waals surface area (Å²) < 4.78 is 5.45. The van der Waals surface area contributed by atoms with Crippen molar-refractivity contribution in [2.24, 2.45) is 5.41 Å². The van der Waals surface area contributed by atoms with Gasteiger partial charge in [-0.2, -0.15) is 0 Å². The van der Waals surface area contributed by atoms with Crippen molar-refractivity contribution >= 4 is 12.1 Å². The number of amides is 1. The Balaban J connectivity index is 3.13. The highest BCUT2D eigenvalue weighted by Gasteiger charge is 2.56. The van der Waals surface area contributed by atoms with Gasteiger partial charge in [-0.25, -0.2) is 9.59 Å². The van der Waals surface area contributed by atoms with E-state index in [2.05, 4.69) is 0 Å². The smallest absolute Gasteiger partial charge is 0.408 e. The predicted octanol–water partition coefficient (Wildman–Crippen LogP) is 2.89. The van der Waals surface area contributed by atoms with Crippen LogP contribution in [0, 0.1) is 5.41 Å². The molecule has 19 heavy (non-hydrogen) atoms. The Morgan fingerprint density at radius 3 is 2.21 bits per heavy atom. The lowest BCUT2D eigenvalue weighted by atomic mass is 9.82. The summed E-state index contributed by atoms with van der Waals surface area (Å²) in [6.45, 7) is 11.5. The lowest BCUT2D eigenvalue weighted by Gasteiger charge is -2.36. The van der Waals surface area contributed by atoms with E-state index in [1.54, 1.807) is 20.8 Å². The number of carboxylic acid groups (broad SMARTS) is 1. The van der Waals surface area contributed by atoms with Crippen LogP contribution in [0.25, 0.3) is 0 Å². The third-order valence-electron chi connectivity index (χ3n) is 3.47. The van der Waals surface area contributed by atoms with Gasteiger partial charge in [0.1, 0.15) is 11.1 Å². The van der Waals surface area contributed by atoms with E-state index in [-0.39, 0.29) is 5.41 Å². The maximum absolute atomic E-state index is 12.5. The van der Waals surface area contributed by atoms with Crippen molar-refractivity contribution in [3.63, 3.8) is 0 Å². The van der Waals surface area contributed by atoms with Crippen LogP contribution in [0.3, 0.4) is 0 Å². The lowest BCUT2D eigenvalue weighted by molar-refractivity contribution is -0.167. The Hall–Kier alpha value is -1.26. The van der Waals surface area contributed by atoms with Gasteiger partial charge in [-0.15, -0.1) is 0 Å². The summed E-state index contributed by atoms with van der Waals surface area (Å²) in [6.07, 6.45) is -0.131. The molecule has 0 aromatic heterocycles. The van der Waals surface area contributed by atoms with Crippen LogP contribution in [0.15, 0.2) is 0 Å². The van der Waals surface area contributed by atoms with E-state index in [4.69, 9.17) is 4.74 Å². The van der Waals surface area contributed by atoms with Crippen LogP contribution < -0.4 is 0 Å². The maximum Gasteiger partial charge on any atom is 0.408 e. The average Bonchev–Trinajstić information content (AvgIpc) is 2.49. The molecule has 0 aliphatic carbocycles. The molecule has 0 radical (unpaired) electrons. The molecule has 1 N–H and O–H groups in total. The standard InChI is InChI=1S/C14H25NO4/c1-7-14(10(16)19-12(2,3)4)8-13(5,6)9-15(14)11(17)18/h7-9H2,1-6H3,(H,17,18). The van der Waals surface area contributed by atoms with Gasteiger partial charge in [0, 0.05) is 6.54 Å². The van der Waals surface area contributed by atoms with Crippen LogP contribution in [-0.4, -0.2) is 39.8 Å². The molecule has 0 spiro atoms. The first-order valence-electron chi connectivity index (χ1n) is 6.67. The molecule has 1 atom stereocenters. The van der Waals surface area contributed by atoms with E-state index in [0.29, 0.717) is 19.4 Å². The SMILES string of the molecule is CCC1(C(=O)OC(C)(C)C)CC(C)(C)CN1C(=O)O. The van der Waals surface area contributed by atoms with E-state index in [1.807, 2.05) is 20.8 Å². The number of carbonyl (C=O) groups excluding carboxylic acids is 1. The summed E-state index contributed by atoms with van der Waals surface area (Å²) in [4.78, 5) is 25.2. The highest BCUT2D eigenvalue weighted by Crippen LogP contribution is 2.44. The van der Waals surface area contributed by atoms with Crippen LogP contribution in [0.5, 0.6) is 0 Å². The zero-order chi connectivity index (χ0) is 15.1. The molecule has 0 aromatic carbocycles. The highest BCUT2D eigenvalue weighted by atomic mass is 16.6. The third-order valence-corrected chi connectivity index (χ3v) is 3.47.